The molecule has 0 saturated carbocycles. The fraction of sp³-hybridized carbons (Fsp3) is 0.167. The van der Waals surface area contributed by atoms with Crippen molar-refractivity contribution in [3.8, 4) is 11.3 Å². The molecule has 0 radical (unpaired) electrons. The Labute approximate surface area is 144 Å². The van der Waals surface area contributed by atoms with E-state index >= 15 is 0 Å². The first kappa shape index (κ1) is 16.3. The van der Waals surface area contributed by atoms with Crippen LogP contribution in [0.25, 0.3) is 11.3 Å². The van der Waals surface area contributed by atoms with E-state index in [1.165, 1.54) is 0 Å². The van der Waals surface area contributed by atoms with Crippen molar-refractivity contribution in [1.82, 2.24) is 15.3 Å². The van der Waals surface area contributed by atoms with E-state index < -0.39 is 0 Å². The third-order valence-electron chi connectivity index (χ3n) is 3.37. The number of aromatic nitrogens is 2. The lowest BCUT2D eigenvalue weighted by Gasteiger charge is -2.08. The van der Waals surface area contributed by atoms with Crippen LogP contribution in [0.3, 0.4) is 0 Å². The molecule has 0 saturated heterocycles. The second-order valence-corrected chi connectivity index (χ2v) is 5.90. The fourth-order valence-corrected chi connectivity index (χ4v) is 2.85. The zero-order valence-corrected chi connectivity index (χ0v) is 13.8. The van der Waals surface area contributed by atoms with Crippen LogP contribution in [0, 0.1) is 0 Å². The second-order valence-electron chi connectivity index (χ2n) is 5.12. The van der Waals surface area contributed by atoms with Crippen molar-refractivity contribution < 1.29 is 9.53 Å². The Morgan fingerprint density at radius 2 is 1.96 bits per heavy atom. The smallest absolute Gasteiger partial charge is 0.246 e. The zero-order chi connectivity index (χ0) is 16.6. The molecule has 0 spiro atoms. The molecule has 122 valence electrons. The van der Waals surface area contributed by atoms with Gasteiger partial charge in [-0.15, -0.1) is 0 Å². The first-order valence-corrected chi connectivity index (χ1v) is 8.48. The highest BCUT2D eigenvalue weighted by Crippen LogP contribution is 2.22. The van der Waals surface area contributed by atoms with Gasteiger partial charge in [-0.2, -0.15) is 11.3 Å². The van der Waals surface area contributed by atoms with E-state index in [1.54, 1.807) is 23.7 Å². The number of hydrogen-bond donors (Lipinski definition) is 1. The summed E-state index contributed by atoms with van der Waals surface area (Å²) >= 11 is 1.60. The largest absolute Gasteiger partial charge is 0.367 e. The van der Waals surface area contributed by atoms with Crippen LogP contribution >= 0.6 is 11.3 Å². The van der Waals surface area contributed by atoms with Crippen molar-refractivity contribution in [2.45, 2.75) is 13.2 Å². The Hall–Kier alpha value is -2.57. The molecule has 1 aromatic carbocycles. The van der Waals surface area contributed by atoms with Crippen molar-refractivity contribution >= 4 is 17.2 Å². The maximum atomic E-state index is 11.9. The highest BCUT2D eigenvalue weighted by Gasteiger charge is 2.10. The van der Waals surface area contributed by atoms with Crippen LogP contribution in [0.2, 0.25) is 0 Å². The lowest BCUT2D eigenvalue weighted by Crippen LogP contribution is -2.27. The number of carbonyl (C=O) groups excluding carboxylic acids is 1. The molecule has 1 amide bonds. The summed E-state index contributed by atoms with van der Waals surface area (Å²) in [7, 11) is 0. The first-order chi connectivity index (χ1) is 11.8. The Balaban J connectivity index is 1.50. The summed E-state index contributed by atoms with van der Waals surface area (Å²) in [6.07, 6.45) is 3.28. The SMILES string of the molecule is O=C(COCc1ccccc1)NCc1nccnc1-c1ccsc1. The Kier molecular flexibility index (Phi) is 5.65. The van der Waals surface area contributed by atoms with E-state index in [-0.39, 0.29) is 12.5 Å². The highest BCUT2D eigenvalue weighted by molar-refractivity contribution is 7.08. The number of ether oxygens (including phenoxy) is 1. The predicted octanol–water partition coefficient (Wildman–Crippen LogP) is 3.04. The first-order valence-electron chi connectivity index (χ1n) is 7.54. The maximum absolute atomic E-state index is 11.9. The van der Waals surface area contributed by atoms with Gasteiger partial charge in [0.1, 0.15) is 6.61 Å². The van der Waals surface area contributed by atoms with E-state index in [2.05, 4.69) is 15.3 Å². The fourth-order valence-electron chi connectivity index (χ4n) is 2.21. The number of nitrogens with zero attached hydrogens (tertiary/aromatic N) is 2. The molecule has 6 heteroatoms. The van der Waals surface area contributed by atoms with E-state index in [9.17, 15) is 4.79 Å². The van der Waals surface area contributed by atoms with Crippen LogP contribution in [0.15, 0.2) is 59.6 Å². The summed E-state index contributed by atoms with van der Waals surface area (Å²) < 4.78 is 5.43. The Morgan fingerprint density at radius 1 is 1.12 bits per heavy atom. The van der Waals surface area contributed by atoms with Gasteiger partial charge in [0, 0.05) is 23.3 Å². The number of amides is 1. The quantitative estimate of drug-likeness (QED) is 0.719. The number of carbonyl (C=O) groups is 1. The minimum atomic E-state index is -0.173. The van der Waals surface area contributed by atoms with Gasteiger partial charge in [-0.1, -0.05) is 30.3 Å². The molecule has 2 aromatic heterocycles. The van der Waals surface area contributed by atoms with Crippen molar-refractivity contribution in [3.63, 3.8) is 0 Å². The average Bonchev–Trinajstić information content (AvgIpc) is 3.16. The van der Waals surface area contributed by atoms with E-state index in [0.717, 1.165) is 22.5 Å². The standard InChI is InChI=1S/C18H17N3O2S/c22-17(12-23-11-14-4-2-1-3-5-14)21-10-16-18(20-8-7-19-16)15-6-9-24-13-15/h1-9,13H,10-12H2,(H,21,22). The minimum Gasteiger partial charge on any atom is -0.367 e. The maximum Gasteiger partial charge on any atom is 0.246 e. The number of hydrogen-bond acceptors (Lipinski definition) is 5. The molecule has 2 heterocycles. The summed E-state index contributed by atoms with van der Waals surface area (Å²) in [5.41, 5.74) is 3.59. The van der Waals surface area contributed by atoms with Crippen LogP contribution < -0.4 is 5.32 Å². The van der Waals surface area contributed by atoms with Gasteiger partial charge in [-0.05, 0) is 17.0 Å². The minimum absolute atomic E-state index is 0.0168. The number of nitrogens with one attached hydrogen (secondary N) is 1. The molecular weight excluding hydrogens is 322 g/mol. The van der Waals surface area contributed by atoms with Crippen LogP contribution in [0.4, 0.5) is 0 Å². The molecule has 0 aliphatic heterocycles. The molecule has 3 aromatic rings. The van der Waals surface area contributed by atoms with E-state index in [4.69, 9.17) is 4.74 Å². The summed E-state index contributed by atoms with van der Waals surface area (Å²) in [6.45, 7) is 0.759. The summed E-state index contributed by atoms with van der Waals surface area (Å²) in [6, 6.07) is 11.7. The summed E-state index contributed by atoms with van der Waals surface area (Å²) in [4.78, 5) is 20.6. The molecular formula is C18H17N3O2S. The Bertz CT molecular complexity index is 776. The monoisotopic (exact) mass is 339 g/mol. The van der Waals surface area contributed by atoms with Crippen molar-refractivity contribution in [2.75, 3.05) is 6.61 Å². The molecule has 24 heavy (non-hydrogen) atoms. The van der Waals surface area contributed by atoms with Crippen molar-refractivity contribution in [1.29, 1.82) is 0 Å². The molecule has 0 unspecified atom stereocenters. The molecule has 0 aliphatic carbocycles. The van der Waals surface area contributed by atoms with Gasteiger partial charge in [-0.3, -0.25) is 14.8 Å². The van der Waals surface area contributed by atoms with Crippen LogP contribution in [-0.4, -0.2) is 22.5 Å². The van der Waals surface area contributed by atoms with Gasteiger partial charge in [0.15, 0.2) is 0 Å². The van der Waals surface area contributed by atoms with Crippen molar-refractivity contribution in [2.24, 2.45) is 0 Å². The molecule has 3 rings (SSSR count). The van der Waals surface area contributed by atoms with E-state index in [0.29, 0.717) is 13.2 Å². The zero-order valence-electron chi connectivity index (χ0n) is 13.0. The number of rotatable bonds is 7. The van der Waals surface area contributed by atoms with Crippen LogP contribution in [-0.2, 0) is 22.7 Å². The predicted molar refractivity (Wildman–Crippen MR) is 93.3 cm³/mol. The Morgan fingerprint density at radius 3 is 2.75 bits per heavy atom. The average molecular weight is 339 g/mol. The lowest BCUT2D eigenvalue weighted by atomic mass is 10.2. The molecule has 5 nitrogen and oxygen atoms in total. The third-order valence-corrected chi connectivity index (χ3v) is 4.05. The second kappa shape index (κ2) is 8.33. The van der Waals surface area contributed by atoms with Crippen molar-refractivity contribution in [3.05, 3.63) is 70.8 Å². The van der Waals surface area contributed by atoms with Gasteiger partial charge < -0.3 is 10.1 Å². The number of thiophene rings is 1. The normalized spacial score (nSPS) is 10.5. The molecule has 0 aliphatic rings. The molecule has 0 fully saturated rings. The van der Waals surface area contributed by atoms with Gasteiger partial charge in [0.25, 0.3) is 0 Å². The number of benzene rings is 1. The van der Waals surface area contributed by atoms with Gasteiger partial charge in [0.2, 0.25) is 5.91 Å². The van der Waals surface area contributed by atoms with Crippen LogP contribution in [0.5, 0.6) is 0 Å². The highest BCUT2D eigenvalue weighted by atomic mass is 32.1. The van der Waals surface area contributed by atoms with E-state index in [1.807, 2.05) is 47.2 Å². The van der Waals surface area contributed by atoms with Gasteiger partial charge in [0.05, 0.1) is 24.5 Å². The third kappa shape index (κ3) is 4.47. The molecule has 0 bridgehead atoms. The summed E-state index contributed by atoms with van der Waals surface area (Å²) in [5, 5.41) is 6.83. The molecule has 1 N–H and O–H groups in total. The lowest BCUT2D eigenvalue weighted by molar-refractivity contribution is -0.126. The van der Waals surface area contributed by atoms with Gasteiger partial charge >= 0.3 is 0 Å². The summed E-state index contributed by atoms with van der Waals surface area (Å²) in [5.74, 6) is -0.173. The van der Waals surface area contributed by atoms with Crippen LogP contribution in [0.1, 0.15) is 11.3 Å². The van der Waals surface area contributed by atoms with Gasteiger partial charge in [-0.25, -0.2) is 0 Å². The topological polar surface area (TPSA) is 64.1 Å². The molecule has 0 atom stereocenters.